The van der Waals surface area contributed by atoms with Crippen LogP contribution in [0, 0.1) is 13.8 Å². The van der Waals surface area contributed by atoms with Gasteiger partial charge in [0.05, 0.1) is 11.7 Å². The molecule has 0 aliphatic carbocycles. The summed E-state index contributed by atoms with van der Waals surface area (Å²) in [6.07, 6.45) is 4.74. The third-order valence-electron chi connectivity index (χ3n) is 4.05. The van der Waals surface area contributed by atoms with Crippen molar-refractivity contribution in [2.24, 2.45) is 0 Å². The number of hydrogen-bond donors (Lipinski definition) is 1. The van der Waals surface area contributed by atoms with Crippen molar-refractivity contribution in [1.82, 2.24) is 15.4 Å². The van der Waals surface area contributed by atoms with Gasteiger partial charge >= 0.3 is 0 Å². The molecule has 1 amide bonds. The van der Waals surface area contributed by atoms with E-state index in [0.29, 0.717) is 6.54 Å². The average Bonchev–Trinajstić information content (AvgIpc) is 2.66. The van der Waals surface area contributed by atoms with Gasteiger partial charge in [0.2, 0.25) is 5.91 Å². The van der Waals surface area contributed by atoms with Gasteiger partial charge in [0.1, 0.15) is 5.76 Å². The number of aromatic nitrogens is 1. The predicted molar refractivity (Wildman–Crippen MR) is 77.3 cm³/mol. The van der Waals surface area contributed by atoms with E-state index in [2.05, 4.69) is 10.5 Å². The van der Waals surface area contributed by atoms with E-state index in [0.717, 1.165) is 42.9 Å². The van der Waals surface area contributed by atoms with Gasteiger partial charge in [-0.1, -0.05) is 18.0 Å². The number of rotatable bonds is 4. The normalized spacial score (nSPS) is 17.9. The van der Waals surface area contributed by atoms with Gasteiger partial charge < -0.3 is 14.7 Å². The highest BCUT2D eigenvalue weighted by Gasteiger charge is 2.21. The van der Waals surface area contributed by atoms with E-state index >= 15 is 0 Å². The quantitative estimate of drug-likeness (QED) is 0.917. The zero-order valence-corrected chi connectivity index (χ0v) is 12.7. The lowest BCUT2D eigenvalue weighted by molar-refractivity contribution is -0.133. The number of aryl methyl sites for hydroxylation is 2. The number of nitrogens with one attached hydrogen (secondary N) is 1. The topological polar surface area (TPSA) is 58.4 Å². The van der Waals surface area contributed by atoms with Crippen molar-refractivity contribution in [3.8, 4) is 0 Å². The lowest BCUT2D eigenvalue weighted by atomic mass is 10.2. The fourth-order valence-electron chi connectivity index (χ4n) is 2.66. The van der Waals surface area contributed by atoms with Crippen molar-refractivity contribution < 1.29 is 9.32 Å². The summed E-state index contributed by atoms with van der Waals surface area (Å²) in [7, 11) is 0. The molecule has 1 fully saturated rings. The van der Waals surface area contributed by atoms with Crippen molar-refractivity contribution >= 4 is 5.91 Å². The summed E-state index contributed by atoms with van der Waals surface area (Å²) in [5, 5.41) is 7.22. The van der Waals surface area contributed by atoms with Gasteiger partial charge in [-0.2, -0.15) is 0 Å². The Morgan fingerprint density at radius 2 is 1.95 bits per heavy atom. The largest absolute Gasteiger partial charge is 0.361 e. The van der Waals surface area contributed by atoms with Crippen LogP contribution in [0.15, 0.2) is 4.52 Å². The Morgan fingerprint density at radius 3 is 2.50 bits per heavy atom. The third kappa shape index (κ3) is 3.60. The molecule has 1 N–H and O–H groups in total. The van der Waals surface area contributed by atoms with Crippen molar-refractivity contribution in [2.75, 3.05) is 13.1 Å². The Bertz CT molecular complexity index is 428. The second kappa shape index (κ2) is 6.88. The monoisotopic (exact) mass is 279 g/mol. The van der Waals surface area contributed by atoms with E-state index in [4.69, 9.17) is 4.52 Å². The average molecular weight is 279 g/mol. The van der Waals surface area contributed by atoms with E-state index in [1.807, 2.05) is 25.7 Å². The van der Waals surface area contributed by atoms with Crippen molar-refractivity contribution in [2.45, 2.75) is 59.0 Å². The molecular weight excluding hydrogens is 254 g/mol. The minimum Gasteiger partial charge on any atom is -0.361 e. The van der Waals surface area contributed by atoms with Crippen LogP contribution < -0.4 is 5.32 Å². The first-order valence-corrected chi connectivity index (χ1v) is 7.53. The molecule has 0 spiro atoms. The van der Waals surface area contributed by atoms with Gasteiger partial charge in [0, 0.05) is 25.2 Å². The number of amides is 1. The summed E-state index contributed by atoms with van der Waals surface area (Å²) in [6, 6.07) is -0.165. The fraction of sp³-hybridized carbons (Fsp3) is 0.733. The number of nitrogens with zero attached hydrogens (tertiary/aromatic N) is 2. The standard InChI is InChI=1S/C15H25N3O2/c1-11-14(13(3)20-17-11)10-16-12(2)15(19)18-8-6-4-5-7-9-18/h12,16H,4-10H2,1-3H3. The molecule has 0 aromatic carbocycles. The molecule has 2 rings (SSSR count). The summed E-state index contributed by atoms with van der Waals surface area (Å²) < 4.78 is 5.14. The molecule has 1 aromatic rings. The fourth-order valence-corrected chi connectivity index (χ4v) is 2.66. The second-order valence-electron chi connectivity index (χ2n) is 5.64. The zero-order chi connectivity index (χ0) is 14.5. The summed E-state index contributed by atoms with van der Waals surface area (Å²) in [6.45, 7) is 8.19. The molecule has 1 aliphatic rings. The van der Waals surface area contributed by atoms with Crippen LogP contribution in [-0.4, -0.2) is 35.1 Å². The predicted octanol–water partition coefficient (Wildman–Crippen LogP) is 2.17. The Balaban J connectivity index is 1.87. The first kappa shape index (κ1) is 15.0. The van der Waals surface area contributed by atoms with Crippen LogP contribution in [0.3, 0.4) is 0 Å². The van der Waals surface area contributed by atoms with Crippen LogP contribution in [0.4, 0.5) is 0 Å². The number of hydrogen-bond acceptors (Lipinski definition) is 4. The Morgan fingerprint density at radius 1 is 1.30 bits per heavy atom. The number of carbonyl (C=O) groups excluding carboxylic acids is 1. The molecule has 1 saturated heterocycles. The van der Waals surface area contributed by atoms with Gasteiger partial charge in [0.25, 0.3) is 0 Å². The molecule has 0 saturated carbocycles. The molecule has 5 nitrogen and oxygen atoms in total. The first-order chi connectivity index (χ1) is 9.59. The molecule has 2 heterocycles. The highest BCUT2D eigenvalue weighted by molar-refractivity contribution is 5.81. The maximum Gasteiger partial charge on any atom is 0.239 e. The van der Waals surface area contributed by atoms with E-state index in [-0.39, 0.29) is 11.9 Å². The number of likely N-dealkylation sites (tertiary alicyclic amines) is 1. The van der Waals surface area contributed by atoms with Crippen LogP contribution in [-0.2, 0) is 11.3 Å². The van der Waals surface area contributed by atoms with Crippen LogP contribution >= 0.6 is 0 Å². The minimum atomic E-state index is -0.165. The maximum absolute atomic E-state index is 12.4. The lowest BCUT2D eigenvalue weighted by Crippen LogP contribution is -2.45. The molecule has 1 aliphatic heterocycles. The first-order valence-electron chi connectivity index (χ1n) is 7.53. The summed E-state index contributed by atoms with van der Waals surface area (Å²) >= 11 is 0. The Labute approximate surface area is 120 Å². The van der Waals surface area contributed by atoms with Gasteiger partial charge in [0.15, 0.2) is 0 Å². The van der Waals surface area contributed by atoms with Gasteiger partial charge in [-0.25, -0.2) is 0 Å². The molecule has 5 heteroatoms. The summed E-state index contributed by atoms with van der Waals surface area (Å²) in [4.78, 5) is 14.4. The van der Waals surface area contributed by atoms with Gasteiger partial charge in [-0.15, -0.1) is 0 Å². The SMILES string of the molecule is Cc1noc(C)c1CNC(C)C(=O)N1CCCCCC1. The van der Waals surface area contributed by atoms with Crippen LogP contribution in [0.2, 0.25) is 0 Å². The second-order valence-corrected chi connectivity index (χ2v) is 5.64. The molecule has 1 atom stereocenters. The van der Waals surface area contributed by atoms with E-state index in [1.165, 1.54) is 12.8 Å². The lowest BCUT2D eigenvalue weighted by Gasteiger charge is -2.24. The smallest absolute Gasteiger partial charge is 0.239 e. The van der Waals surface area contributed by atoms with Crippen LogP contribution in [0.25, 0.3) is 0 Å². The van der Waals surface area contributed by atoms with Gasteiger partial charge in [-0.3, -0.25) is 4.79 Å². The summed E-state index contributed by atoms with van der Waals surface area (Å²) in [5.41, 5.74) is 1.95. The Hall–Kier alpha value is -1.36. The molecule has 112 valence electrons. The van der Waals surface area contributed by atoms with E-state index < -0.39 is 0 Å². The maximum atomic E-state index is 12.4. The van der Waals surface area contributed by atoms with Crippen molar-refractivity contribution in [1.29, 1.82) is 0 Å². The molecule has 0 radical (unpaired) electrons. The van der Waals surface area contributed by atoms with E-state index in [1.54, 1.807) is 0 Å². The summed E-state index contributed by atoms with van der Waals surface area (Å²) in [5.74, 6) is 1.03. The van der Waals surface area contributed by atoms with Crippen LogP contribution in [0.5, 0.6) is 0 Å². The highest BCUT2D eigenvalue weighted by atomic mass is 16.5. The zero-order valence-electron chi connectivity index (χ0n) is 12.7. The highest BCUT2D eigenvalue weighted by Crippen LogP contribution is 2.13. The third-order valence-corrected chi connectivity index (χ3v) is 4.05. The van der Waals surface area contributed by atoms with Crippen LogP contribution in [0.1, 0.15) is 49.6 Å². The van der Waals surface area contributed by atoms with E-state index in [9.17, 15) is 4.79 Å². The molecule has 1 unspecified atom stereocenters. The number of carbonyl (C=O) groups is 1. The molecule has 20 heavy (non-hydrogen) atoms. The minimum absolute atomic E-state index is 0.165. The van der Waals surface area contributed by atoms with Crippen molar-refractivity contribution in [3.05, 3.63) is 17.0 Å². The van der Waals surface area contributed by atoms with Gasteiger partial charge in [-0.05, 0) is 33.6 Å². The molecule has 0 bridgehead atoms. The van der Waals surface area contributed by atoms with Crippen molar-refractivity contribution in [3.63, 3.8) is 0 Å². The molecular formula is C15H25N3O2. The Kier molecular flexibility index (Phi) is 5.17. The molecule has 1 aromatic heterocycles.